The van der Waals surface area contributed by atoms with Crippen LogP contribution in [0.5, 0.6) is 0 Å². The van der Waals surface area contributed by atoms with Crippen LogP contribution in [0.25, 0.3) is 0 Å². The van der Waals surface area contributed by atoms with E-state index in [-0.39, 0.29) is 12.1 Å². The maximum absolute atomic E-state index is 6.34. The lowest BCUT2D eigenvalue weighted by Crippen LogP contribution is -2.41. The van der Waals surface area contributed by atoms with Gasteiger partial charge in [-0.15, -0.1) is 0 Å². The fourth-order valence-corrected chi connectivity index (χ4v) is 2.94. The molecule has 0 radical (unpaired) electrons. The molecular weight excluding hydrogens is 238 g/mol. The minimum atomic E-state index is 0.131. The molecule has 0 spiro atoms. The minimum Gasteiger partial charge on any atom is -0.465 e. The van der Waals surface area contributed by atoms with Crippen molar-refractivity contribution in [2.75, 3.05) is 27.2 Å². The molecular formula is C15H27N3O. The molecule has 108 valence electrons. The second kappa shape index (κ2) is 6.07. The SMILES string of the molecule is CCC(N)C(c1ccc(C)o1)N1CCC(N(C)C)C1. The fraction of sp³-hybridized carbons (Fsp3) is 0.733. The zero-order valence-electron chi connectivity index (χ0n) is 12.6. The molecule has 1 aliphatic rings. The van der Waals surface area contributed by atoms with Crippen molar-refractivity contribution in [2.24, 2.45) is 5.73 Å². The molecule has 2 N–H and O–H groups in total. The molecule has 1 aliphatic heterocycles. The molecule has 19 heavy (non-hydrogen) atoms. The highest BCUT2D eigenvalue weighted by Crippen LogP contribution is 2.30. The zero-order chi connectivity index (χ0) is 14.0. The number of likely N-dealkylation sites (N-methyl/N-ethyl adjacent to an activating group) is 1. The number of nitrogens with zero attached hydrogens (tertiary/aromatic N) is 2. The first-order valence-electron chi connectivity index (χ1n) is 7.25. The predicted molar refractivity (Wildman–Crippen MR) is 78.1 cm³/mol. The van der Waals surface area contributed by atoms with Gasteiger partial charge in [0.25, 0.3) is 0 Å². The van der Waals surface area contributed by atoms with Crippen LogP contribution in [0.3, 0.4) is 0 Å². The number of hydrogen-bond acceptors (Lipinski definition) is 4. The van der Waals surface area contributed by atoms with E-state index < -0.39 is 0 Å². The molecule has 4 nitrogen and oxygen atoms in total. The van der Waals surface area contributed by atoms with Crippen molar-refractivity contribution in [2.45, 2.75) is 44.8 Å². The Labute approximate surface area is 116 Å². The zero-order valence-corrected chi connectivity index (χ0v) is 12.6. The lowest BCUT2D eigenvalue weighted by molar-refractivity contribution is 0.167. The average Bonchev–Trinajstić information content (AvgIpc) is 2.99. The second-order valence-electron chi connectivity index (χ2n) is 5.87. The van der Waals surface area contributed by atoms with Gasteiger partial charge in [-0.05, 0) is 46.0 Å². The molecule has 0 bridgehead atoms. The number of likely N-dealkylation sites (tertiary alicyclic amines) is 1. The molecule has 1 aromatic rings. The Hall–Kier alpha value is -0.840. The van der Waals surface area contributed by atoms with Crippen molar-refractivity contribution in [3.05, 3.63) is 23.7 Å². The van der Waals surface area contributed by atoms with Crippen LogP contribution in [-0.2, 0) is 0 Å². The van der Waals surface area contributed by atoms with E-state index in [4.69, 9.17) is 10.2 Å². The van der Waals surface area contributed by atoms with Crippen LogP contribution in [0, 0.1) is 6.92 Å². The molecule has 0 aromatic carbocycles. The standard InChI is InChI=1S/C15H27N3O/c1-5-13(16)15(14-7-6-11(2)19-14)18-9-8-12(10-18)17(3)4/h6-7,12-13,15H,5,8-10,16H2,1-4H3. The number of furan rings is 1. The van der Waals surface area contributed by atoms with Crippen molar-refractivity contribution < 1.29 is 4.42 Å². The van der Waals surface area contributed by atoms with Gasteiger partial charge in [-0.25, -0.2) is 0 Å². The first kappa shape index (κ1) is 14.6. The Kier molecular flexibility index (Phi) is 4.66. The average molecular weight is 265 g/mol. The summed E-state index contributed by atoms with van der Waals surface area (Å²) in [5.74, 6) is 1.98. The van der Waals surface area contributed by atoms with Gasteiger partial charge in [0, 0.05) is 25.2 Å². The first-order chi connectivity index (χ1) is 9.02. The highest BCUT2D eigenvalue weighted by Gasteiger charge is 2.34. The normalized spacial score (nSPS) is 24.0. The lowest BCUT2D eigenvalue weighted by Gasteiger charge is -2.31. The van der Waals surface area contributed by atoms with Gasteiger partial charge in [-0.2, -0.15) is 0 Å². The van der Waals surface area contributed by atoms with Gasteiger partial charge in [0.05, 0.1) is 6.04 Å². The Morgan fingerprint density at radius 1 is 1.47 bits per heavy atom. The van der Waals surface area contributed by atoms with Crippen LogP contribution in [0.1, 0.15) is 37.3 Å². The summed E-state index contributed by atoms with van der Waals surface area (Å²) in [7, 11) is 4.31. The van der Waals surface area contributed by atoms with Gasteiger partial charge in [-0.3, -0.25) is 4.90 Å². The van der Waals surface area contributed by atoms with Crippen molar-refractivity contribution in [1.82, 2.24) is 9.80 Å². The van der Waals surface area contributed by atoms with Gasteiger partial charge in [-0.1, -0.05) is 6.92 Å². The van der Waals surface area contributed by atoms with E-state index in [0.717, 1.165) is 31.0 Å². The molecule has 1 saturated heterocycles. The van der Waals surface area contributed by atoms with Gasteiger partial charge >= 0.3 is 0 Å². The largest absolute Gasteiger partial charge is 0.465 e. The Balaban J connectivity index is 2.15. The Bertz CT molecular complexity index is 402. The molecule has 3 atom stereocenters. The molecule has 2 heterocycles. The number of rotatable bonds is 5. The van der Waals surface area contributed by atoms with Crippen LogP contribution >= 0.6 is 0 Å². The quantitative estimate of drug-likeness (QED) is 0.884. The van der Waals surface area contributed by atoms with E-state index in [1.54, 1.807) is 0 Å². The third kappa shape index (κ3) is 3.19. The summed E-state index contributed by atoms with van der Waals surface area (Å²) < 4.78 is 5.84. The van der Waals surface area contributed by atoms with Crippen LogP contribution in [0.15, 0.2) is 16.5 Å². The highest BCUT2D eigenvalue weighted by atomic mass is 16.3. The molecule has 4 heteroatoms. The van der Waals surface area contributed by atoms with Gasteiger partial charge < -0.3 is 15.1 Å². The molecule has 3 unspecified atom stereocenters. The molecule has 1 aromatic heterocycles. The maximum Gasteiger partial charge on any atom is 0.122 e. The number of hydrogen-bond donors (Lipinski definition) is 1. The third-order valence-corrected chi connectivity index (χ3v) is 4.25. The lowest BCUT2D eigenvalue weighted by atomic mass is 10.0. The Morgan fingerprint density at radius 2 is 2.21 bits per heavy atom. The predicted octanol–water partition coefficient (Wildman–Crippen LogP) is 2.00. The van der Waals surface area contributed by atoms with E-state index in [1.165, 1.54) is 6.42 Å². The topological polar surface area (TPSA) is 45.6 Å². The summed E-state index contributed by atoms with van der Waals surface area (Å²) >= 11 is 0. The summed E-state index contributed by atoms with van der Waals surface area (Å²) in [5, 5.41) is 0. The van der Waals surface area contributed by atoms with Crippen molar-refractivity contribution >= 4 is 0 Å². The summed E-state index contributed by atoms with van der Waals surface area (Å²) in [5.41, 5.74) is 6.34. The van der Waals surface area contributed by atoms with Crippen LogP contribution in [0.4, 0.5) is 0 Å². The smallest absolute Gasteiger partial charge is 0.122 e. The summed E-state index contributed by atoms with van der Waals surface area (Å²) in [6.45, 7) is 6.31. The van der Waals surface area contributed by atoms with E-state index in [9.17, 15) is 0 Å². The summed E-state index contributed by atoms with van der Waals surface area (Å²) in [6.07, 6.45) is 2.17. The van der Waals surface area contributed by atoms with Crippen molar-refractivity contribution in [1.29, 1.82) is 0 Å². The first-order valence-corrected chi connectivity index (χ1v) is 7.25. The third-order valence-electron chi connectivity index (χ3n) is 4.25. The molecule has 0 aliphatic carbocycles. The van der Waals surface area contributed by atoms with Gasteiger partial charge in [0.2, 0.25) is 0 Å². The second-order valence-corrected chi connectivity index (χ2v) is 5.87. The fourth-order valence-electron chi connectivity index (χ4n) is 2.94. The number of aryl methyl sites for hydroxylation is 1. The molecule has 0 saturated carbocycles. The molecule has 0 amide bonds. The maximum atomic E-state index is 6.34. The Morgan fingerprint density at radius 3 is 2.68 bits per heavy atom. The number of nitrogens with two attached hydrogens (primary N) is 1. The van der Waals surface area contributed by atoms with Gasteiger partial charge in [0.1, 0.15) is 11.5 Å². The monoisotopic (exact) mass is 265 g/mol. The summed E-state index contributed by atoms with van der Waals surface area (Å²) in [6, 6.07) is 5.08. The van der Waals surface area contributed by atoms with Gasteiger partial charge in [0.15, 0.2) is 0 Å². The van der Waals surface area contributed by atoms with E-state index in [1.807, 2.05) is 13.0 Å². The minimum absolute atomic E-state index is 0.131. The van der Waals surface area contributed by atoms with Crippen molar-refractivity contribution in [3.8, 4) is 0 Å². The van der Waals surface area contributed by atoms with Crippen LogP contribution < -0.4 is 5.73 Å². The van der Waals surface area contributed by atoms with E-state index in [0.29, 0.717) is 6.04 Å². The van der Waals surface area contributed by atoms with Crippen LogP contribution in [0.2, 0.25) is 0 Å². The van der Waals surface area contributed by atoms with Crippen LogP contribution in [-0.4, -0.2) is 49.1 Å². The molecule has 1 fully saturated rings. The highest BCUT2D eigenvalue weighted by molar-refractivity contribution is 5.13. The molecule has 2 rings (SSSR count). The van der Waals surface area contributed by atoms with E-state index in [2.05, 4.69) is 36.9 Å². The van der Waals surface area contributed by atoms with E-state index >= 15 is 0 Å². The van der Waals surface area contributed by atoms with Crippen molar-refractivity contribution in [3.63, 3.8) is 0 Å². The summed E-state index contributed by atoms with van der Waals surface area (Å²) in [4.78, 5) is 4.79.